The SMILES string of the molecule is Cc1csc(CCCC(=O)Nc2ccccc2CC(=O)O)n1. The third kappa shape index (κ3) is 4.96. The predicted octanol–water partition coefficient (Wildman–Crippen LogP) is 3.04. The van der Waals surface area contributed by atoms with E-state index in [1.165, 1.54) is 0 Å². The van der Waals surface area contributed by atoms with Gasteiger partial charge in [0.25, 0.3) is 0 Å². The monoisotopic (exact) mass is 318 g/mol. The molecule has 0 saturated heterocycles. The maximum absolute atomic E-state index is 12.0. The first kappa shape index (κ1) is 16.2. The number of carbonyl (C=O) groups is 2. The fourth-order valence-electron chi connectivity index (χ4n) is 2.09. The Morgan fingerprint density at radius 1 is 1.32 bits per heavy atom. The number of para-hydroxylation sites is 1. The molecule has 0 unspecified atom stereocenters. The highest BCUT2D eigenvalue weighted by Crippen LogP contribution is 2.17. The average Bonchev–Trinajstić information content (AvgIpc) is 2.86. The number of hydrogen-bond acceptors (Lipinski definition) is 4. The number of benzene rings is 1. The molecule has 1 aromatic carbocycles. The van der Waals surface area contributed by atoms with Gasteiger partial charge < -0.3 is 10.4 Å². The van der Waals surface area contributed by atoms with E-state index in [9.17, 15) is 9.59 Å². The number of nitrogens with zero attached hydrogens (tertiary/aromatic N) is 1. The topological polar surface area (TPSA) is 79.3 Å². The van der Waals surface area contributed by atoms with Crippen LogP contribution in [0.3, 0.4) is 0 Å². The zero-order valence-corrected chi connectivity index (χ0v) is 13.2. The standard InChI is InChI=1S/C16H18N2O3S/c1-11-10-22-15(17-11)8-4-7-14(19)18-13-6-3-2-5-12(13)9-16(20)21/h2-3,5-6,10H,4,7-9H2,1H3,(H,18,19)(H,20,21). The number of aromatic nitrogens is 1. The van der Waals surface area contributed by atoms with Gasteiger partial charge >= 0.3 is 5.97 Å². The molecule has 0 aliphatic rings. The zero-order chi connectivity index (χ0) is 15.9. The Balaban J connectivity index is 1.85. The van der Waals surface area contributed by atoms with E-state index in [1.54, 1.807) is 35.6 Å². The molecule has 1 amide bonds. The summed E-state index contributed by atoms with van der Waals surface area (Å²) in [5, 5.41) is 14.7. The van der Waals surface area contributed by atoms with E-state index < -0.39 is 5.97 Å². The summed E-state index contributed by atoms with van der Waals surface area (Å²) in [6.45, 7) is 1.95. The molecule has 2 aromatic rings. The van der Waals surface area contributed by atoms with Crippen LogP contribution in [0.25, 0.3) is 0 Å². The van der Waals surface area contributed by atoms with Gasteiger partial charge in [-0.2, -0.15) is 0 Å². The van der Waals surface area contributed by atoms with Crippen molar-refractivity contribution < 1.29 is 14.7 Å². The molecule has 0 atom stereocenters. The number of rotatable bonds is 7. The molecule has 2 rings (SSSR count). The summed E-state index contributed by atoms with van der Waals surface area (Å²) < 4.78 is 0. The third-order valence-electron chi connectivity index (χ3n) is 3.09. The number of aliphatic carboxylic acids is 1. The van der Waals surface area contributed by atoms with Crippen molar-refractivity contribution >= 4 is 28.9 Å². The van der Waals surface area contributed by atoms with Gasteiger partial charge in [0.05, 0.1) is 11.4 Å². The Morgan fingerprint density at radius 3 is 2.77 bits per heavy atom. The second-order valence-corrected chi connectivity index (χ2v) is 5.95. The van der Waals surface area contributed by atoms with E-state index in [0.717, 1.165) is 23.5 Å². The lowest BCUT2D eigenvalue weighted by atomic mass is 10.1. The number of amides is 1. The highest BCUT2D eigenvalue weighted by atomic mass is 32.1. The molecule has 1 heterocycles. The van der Waals surface area contributed by atoms with Crippen molar-refractivity contribution in [3.05, 3.63) is 45.9 Å². The summed E-state index contributed by atoms with van der Waals surface area (Å²) in [6, 6.07) is 6.97. The van der Waals surface area contributed by atoms with Gasteiger partial charge in [0.2, 0.25) is 5.91 Å². The maximum Gasteiger partial charge on any atom is 0.307 e. The molecular formula is C16H18N2O3S. The molecular weight excluding hydrogens is 300 g/mol. The number of carboxylic acid groups (broad SMARTS) is 1. The number of carboxylic acids is 1. The molecule has 5 nitrogen and oxygen atoms in total. The summed E-state index contributed by atoms with van der Waals surface area (Å²) in [5.74, 6) is -1.02. The molecule has 0 fully saturated rings. The van der Waals surface area contributed by atoms with Crippen molar-refractivity contribution in [2.45, 2.75) is 32.6 Å². The predicted molar refractivity (Wildman–Crippen MR) is 86.2 cm³/mol. The van der Waals surface area contributed by atoms with Crippen LogP contribution in [0.4, 0.5) is 5.69 Å². The molecule has 1 aromatic heterocycles. The molecule has 0 aliphatic heterocycles. The second kappa shape index (κ2) is 7.70. The summed E-state index contributed by atoms with van der Waals surface area (Å²) in [6.07, 6.45) is 1.79. The van der Waals surface area contributed by atoms with E-state index in [4.69, 9.17) is 5.11 Å². The van der Waals surface area contributed by atoms with Gasteiger partial charge in [-0.15, -0.1) is 11.3 Å². The number of nitrogens with one attached hydrogen (secondary N) is 1. The van der Waals surface area contributed by atoms with Crippen LogP contribution in [0.1, 0.15) is 29.1 Å². The molecule has 22 heavy (non-hydrogen) atoms. The number of carbonyl (C=O) groups excluding carboxylic acids is 1. The van der Waals surface area contributed by atoms with Crippen molar-refractivity contribution in [3.8, 4) is 0 Å². The van der Waals surface area contributed by atoms with Crippen LogP contribution in [-0.2, 0) is 22.4 Å². The summed E-state index contributed by atoms with van der Waals surface area (Å²) in [5.41, 5.74) is 2.19. The Morgan fingerprint density at radius 2 is 2.09 bits per heavy atom. The molecule has 6 heteroatoms. The molecule has 0 bridgehead atoms. The summed E-state index contributed by atoms with van der Waals surface area (Å²) in [4.78, 5) is 27.1. The first-order chi connectivity index (χ1) is 10.5. The van der Waals surface area contributed by atoms with Gasteiger partial charge in [-0.25, -0.2) is 4.98 Å². The van der Waals surface area contributed by atoms with Crippen LogP contribution in [-0.4, -0.2) is 22.0 Å². The average molecular weight is 318 g/mol. The van der Waals surface area contributed by atoms with Gasteiger partial charge in [0.1, 0.15) is 0 Å². The van der Waals surface area contributed by atoms with Crippen LogP contribution in [0.2, 0.25) is 0 Å². The van der Waals surface area contributed by atoms with Crippen LogP contribution in [0, 0.1) is 6.92 Å². The molecule has 0 aliphatic carbocycles. The fraction of sp³-hybridized carbons (Fsp3) is 0.312. The molecule has 0 saturated carbocycles. The van der Waals surface area contributed by atoms with Gasteiger partial charge in [0, 0.05) is 23.2 Å². The van der Waals surface area contributed by atoms with Crippen LogP contribution < -0.4 is 5.32 Å². The molecule has 0 spiro atoms. The van der Waals surface area contributed by atoms with Crippen molar-refractivity contribution in [3.63, 3.8) is 0 Å². The molecule has 2 N–H and O–H groups in total. The number of thiazole rings is 1. The zero-order valence-electron chi connectivity index (χ0n) is 12.3. The van der Waals surface area contributed by atoms with Crippen LogP contribution in [0.5, 0.6) is 0 Å². The molecule has 0 radical (unpaired) electrons. The Hall–Kier alpha value is -2.21. The summed E-state index contributed by atoms with van der Waals surface area (Å²) >= 11 is 1.61. The number of hydrogen-bond donors (Lipinski definition) is 2. The van der Waals surface area contributed by atoms with Crippen LogP contribution >= 0.6 is 11.3 Å². The number of anilines is 1. The lowest BCUT2D eigenvalue weighted by Gasteiger charge is -2.09. The Bertz CT molecular complexity index is 667. The lowest BCUT2D eigenvalue weighted by Crippen LogP contribution is -2.14. The third-order valence-corrected chi connectivity index (χ3v) is 4.12. The van der Waals surface area contributed by atoms with Gasteiger partial charge in [-0.3, -0.25) is 9.59 Å². The fourth-order valence-corrected chi connectivity index (χ4v) is 2.91. The minimum Gasteiger partial charge on any atom is -0.481 e. The van der Waals surface area contributed by atoms with Gasteiger partial charge in [-0.05, 0) is 31.4 Å². The van der Waals surface area contributed by atoms with Crippen molar-refractivity contribution in [1.82, 2.24) is 4.98 Å². The van der Waals surface area contributed by atoms with E-state index >= 15 is 0 Å². The van der Waals surface area contributed by atoms with E-state index in [1.807, 2.05) is 12.3 Å². The first-order valence-corrected chi connectivity index (χ1v) is 7.93. The highest BCUT2D eigenvalue weighted by molar-refractivity contribution is 7.09. The van der Waals surface area contributed by atoms with E-state index in [0.29, 0.717) is 17.7 Å². The van der Waals surface area contributed by atoms with Gasteiger partial charge in [-0.1, -0.05) is 18.2 Å². The normalized spacial score (nSPS) is 10.4. The number of aryl methyl sites for hydroxylation is 2. The van der Waals surface area contributed by atoms with Gasteiger partial charge in [0.15, 0.2) is 0 Å². The van der Waals surface area contributed by atoms with Crippen molar-refractivity contribution in [2.75, 3.05) is 5.32 Å². The minimum atomic E-state index is -0.916. The Kier molecular flexibility index (Phi) is 5.66. The highest BCUT2D eigenvalue weighted by Gasteiger charge is 2.09. The van der Waals surface area contributed by atoms with Crippen LogP contribution in [0.15, 0.2) is 29.6 Å². The van der Waals surface area contributed by atoms with E-state index in [2.05, 4.69) is 10.3 Å². The molecule has 116 valence electrons. The largest absolute Gasteiger partial charge is 0.481 e. The second-order valence-electron chi connectivity index (χ2n) is 5.01. The Labute approximate surface area is 133 Å². The van der Waals surface area contributed by atoms with Crippen molar-refractivity contribution in [1.29, 1.82) is 0 Å². The minimum absolute atomic E-state index is 0.102. The summed E-state index contributed by atoms with van der Waals surface area (Å²) in [7, 11) is 0. The maximum atomic E-state index is 12.0. The first-order valence-electron chi connectivity index (χ1n) is 7.05. The van der Waals surface area contributed by atoms with E-state index in [-0.39, 0.29) is 12.3 Å². The quantitative estimate of drug-likeness (QED) is 0.822. The lowest BCUT2D eigenvalue weighted by molar-refractivity contribution is -0.136. The van der Waals surface area contributed by atoms with Crippen molar-refractivity contribution in [2.24, 2.45) is 0 Å². The smallest absolute Gasteiger partial charge is 0.307 e.